The van der Waals surface area contributed by atoms with Gasteiger partial charge in [0.05, 0.1) is 23.2 Å². The quantitative estimate of drug-likeness (QED) is 0.104. The summed E-state index contributed by atoms with van der Waals surface area (Å²) in [4.78, 5) is 45.4. The van der Waals surface area contributed by atoms with Gasteiger partial charge in [-0.05, 0) is 51.4 Å². The number of hydrogen-bond acceptors (Lipinski definition) is 6. The third-order valence-corrected chi connectivity index (χ3v) is 11.3. The Morgan fingerprint density at radius 3 is 2.66 bits per heavy atom. The number of allylic oxidation sites excluding steroid dienone is 1. The molecule has 3 unspecified atom stereocenters. The molecular formula is C29H45BrN2O5S. The molecule has 214 valence electrons. The van der Waals surface area contributed by atoms with Gasteiger partial charge in [0.15, 0.2) is 0 Å². The van der Waals surface area contributed by atoms with E-state index in [1.165, 1.54) is 0 Å². The average Bonchev–Trinajstić information content (AvgIpc) is 3.49. The Bertz CT molecular complexity index is 857. The lowest BCUT2D eigenvalue weighted by molar-refractivity contribution is -0.154. The van der Waals surface area contributed by atoms with Gasteiger partial charge in [-0.3, -0.25) is 14.4 Å². The highest BCUT2D eigenvalue weighted by molar-refractivity contribution is 9.09. The standard InChI is InChI=1S/C29H45BrN2O5S/c1-4-7-9-14-19-37-28(36)22-23-26(34)32(17-12-10-13-18-33)25(29(23)20-21(30)24(22)38-29)27(35)31(15-6-3)16-11-8-5-2/h4,6,21-25,33H,1,3,5,7-20H2,2H3/t21?,22-,23-,24-,25?,29?/m0/s1. The number of alkyl halides is 1. The number of fused-ring (bicyclic) bond motifs is 1. The Kier molecular flexibility index (Phi) is 12.2. The summed E-state index contributed by atoms with van der Waals surface area (Å²) in [5.74, 6) is -1.56. The number of aliphatic hydroxyl groups excluding tert-OH is 1. The third kappa shape index (κ3) is 6.52. The topological polar surface area (TPSA) is 87.1 Å². The first-order valence-electron chi connectivity index (χ1n) is 14.3. The molecule has 1 N–H and O–H groups in total. The van der Waals surface area contributed by atoms with E-state index in [0.29, 0.717) is 45.5 Å². The Morgan fingerprint density at radius 1 is 1.18 bits per heavy atom. The summed E-state index contributed by atoms with van der Waals surface area (Å²) < 4.78 is 5.06. The minimum absolute atomic E-state index is 0.0347. The molecule has 3 fully saturated rings. The highest BCUT2D eigenvalue weighted by Gasteiger charge is 2.76. The van der Waals surface area contributed by atoms with E-state index >= 15 is 0 Å². The number of likely N-dealkylation sites (tertiary alicyclic amines) is 1. The summed E-state index contributed by atoms with van der Waals surface area (Å²) >= 11 is 5.46. The lowest BCUT2D eigenvalue weighted by Gasteiger charge is -2.38. The van der Waals surface area contributed by atoms with Gasteiger partial charge in [0.1, 0.15) is 6.04 Å². The summed E-state index contributed by atoms with van der Waals surface area (Å²) in [6, 6.07) is -0.615. The molecule has 2 amide bonds. The molecule has 6 atom stereocenters. The molecule has 0 aliphatic carbocycles. The molecule has 3 heterocycles. The molecule has 9 heteroatoms. The minimum Gasteiger partial charge on any atom is -0.465 e. The van der Waals surface area contributed by atoms with E-state index in [2.05, 4.69) is 36.0 Å². The highest BCUT2D eigenvalue weighted by Crippen LogP contribution is 2.68. The predicted molar refractivity (Wildman–Crippen MR) is 156 cm³/mol. The first kappa shape index (κ1) is 31.2. The molecule has 0 aromatic rings. The predicted octanol–water partition coefficient (Wildman–Crippen LogP) is 4.72. The smallest absolute Gasteiger partial charge is 0.310 e. The van der Waals surface area contributed by atoms with E-state index in [4.69, 9.17) is 4.74 Å². The van der Waals surface area contributed by atoms with Crippen molar-refractivity contribution in [2.24, 2.45) is 11.8 Å². The van der Waals surface area contributed by atoms with Crippen LogP contribution in [-0.2, 0) is 19.1 Å². The van der Waals surface area contributed by atoms with Crippen molar-refractivity contribution in [2.75, 3.05) is 32.8 Å². The van der Waals surface area contributed by atoms with Crippen LogP contribution in [0.1, 0.15) is 71.1 Å². The molecule has 0 aromatic carbocycles. The van der Waals surface area contributed by atoms with Gasteiger partial charge in [-0.25, -0.2) is 0 Å². The fourth-order valence-electron chi connectivity index (χ4n) is 6.32. The van der Waals surface area contributed by atoms with Crippen molar-refractivity contribution >= 4 is 45.5 Å². The van der Waals surface area contributed by atoms with Crippen LogP contribution in [0.15, 0.2) is 25.3 Å². The van der Waals surface area contributed by atoms with Crippen LogP contribution in [-0.4, -0.2) is 86.4 Å². The number of ether oxygens (including phenoxy) is 1. The zero-order valence-electron chi connectivity index (χ0n) is 22.8. The van der Waals surface area contributed by atoms with Crippen LogP contribution in [0.4, 0.5) is 0 Å². The van der Waals surface area contributed by atoms with E-state index in [9.17, 15) is 19.5 Å². The zero-order valence-corrected chi connectivity index (χ0v) is 25.2. The monoisotopic (exact) mass is 612 g/mol. The average molecular weight is 614 g/mol. The number of halogens is 1. The lowest BCUT2D eigenvalue weighted by atomic mass is 9.71. The first-order valence-corrected chi connectivity index (χ1v) is 16.1. The van der Waals surface area contributed by atoms with Crippen LogP contribution in [0.5, 0.6) is 0 Å². The normalized spacial score (nSPS) is 29.4. The summed E-state index contributed by atoms with van der Waals surface area (Å²) in [7, 11) is 0. The fraction of sp³-hybridized carbons (Fsp3) is 0.759. The molecule has 0 saturated carbocycles. The van der Waals surface area contributed by atoms with Crippen molar-refractivity contribution in [2.45, 2.75) is 92.0 Å². The lowest BCUT2D eigenvalue weighted by Crippen LogP contribution is -2.55. The number of nitrogens with zero attached hydrogens (tertiary/aromatic N) is 2. The van der Waals surface area contributed by atoms with Crippen molar-refractivity contribution in [1.29, 1.82) is 0 Å². The van der Waals surface area contributed by atoms with Crippen molar-refractivity contribution in [3.8, 4) is 0 Å². The Labute approximate surface area is 240 Å². The molecule has 1 spiro atoms. The summed E-state index contributed by atoms with van der Waals surface area (Å²) in [6.45, 7) is 11.7. The second-order valence-electron chi connectivity index (χ2n) is 10.7. The van der Waals surface area contributed by atoms with Crippen LogP contribution < -0.4 is 0 Å². The van der Waals surface area contributed by atoms with Gasteiger partial charge in [0.25, 0.3) is 0 Å². The van der Waals surface area contributed by atoms with Crippen molar-refractivity contribution in [3.63, 3.8) is 0 Å². The van der Waals surface area contributed by atoms with Gasteiger partial charge >= 0.3 is 5.97 Å². The molecule has 7 nitrogen and oxygen atoms in total. The van der Waals surface area contributed by atoms with Crippen molar-refractivity contribution in [1.82, 2.24) is 9.80 Å². The minimum atomic E-state index is -0.652. The van der Waals surface area contributed by atoms with Crippen molar-refractivity contribution < 1.29 is 24.2 Å². The van der Waals surface area contributed by atoms with E-state index in [1.807, 2.05) is 11.0 Å². The Hall–Kier alpha value is -1.32. The summed E-state index contributed by atoms with van der Waals surface area (Å²) in [5, 5.41) is 9.14. The van der Waals surface area contributed by atoms with Gasteiger partial charge < -0.3 is 19.6 Å². The van der Waals surface area contributed by atoms with E-state index in [0.717, 1.165) is 44.9 Å². The first-order chi connectivity index (χ1) is 18.4. The molecule has 0 aromatic heterocycles. The largest absolute Gasteiger partial charge is 0.465 e. The number of hydrogen-bond donors (Lipinski definition) is 1. The van der Waals surface area contributed by atoms with E-state index < -0.39 is 22.6 Å². The van der Waals surface area contributed by atoms with Crippen LogP contribution in [0.3, 0.4) is 0 Å². The Balaban J connectivity index is 1.88. The molecule has 3 aliphatic heterocycles. The van der Waals surface area contributed by atoms with Gasteiger partial charge in [-0.2, -0.15) is 0 Å². The number of amides is 2. The number of thioether (sulfide) groups is 1. The highest BCUT2D eigenvalue weighted by atomic mass is 79.9. The maximum Gasteiger partial charge on any atom is 0.310 e. The number of unbranched alkanes of at least 4 members (excludes halogenated alkanes) is 6. The zero-order chi connectivity index (χ0) is 27.7. The van der Waals surface area contributed by atoms with Gasteiger partial charge in [-0.1, -0.05) is 47.8 Å². The van der Waals surface area contributed by atoms with Crippen LogP contribution >= 0.6 is 27.7 Å². The van der Waals surface area contributed by atoms with Gasteiger partial charge in [0.2, 0.25) is 11.8 Å². The molecule has 2 bridgehead atoms. The van der Waals surface area contributed by atoms with Crippen molar-refractivity contribution in [3.05, 3.63) is 25.3 Å². The number of esters is 1. The van der Waals surface area contributed by atoms with E-state index in [1.54, 1.807) is 22.7 Å². The maximum absolute atomic E-state index is 14.2. The number of rotatable bonds is 18. The molecule has 38 heavy (non-hydrogen) atoms. The fourth-order valence-corrected chi connectivity index (χ4v) is 9.92. The van der Waals surface area contributed by atoms with Crippen LogP contribution in [0.25, 0.3) is 0 Å². The maximum atomic E-state index is 14.2. The number of carbonyl (C=O) groups is 3. The van der Waals surface area contributed by atoms with E-state index in [-0.39, 0.29) is 34.5 Å². The van der Waals surface area contributed by atoms with Gasteiger partial charge in [0, 0.05) is 36.3 Å². The second kappa shape index (κ2) is 14.9. The summed E-state index contributed by atoms with van der Waals surface area (Å²) in [6.07, 6.45) is 12.0. The third-order valence-electron chi connectivity index (χ3n) is 8.09. The Morgan fingerprint density at radius 2 is 1.97 bits per heavy atom. The van der Waals surface area contributed by atoms with Gasteiger partial charge in [-0.15, -0.1) is 24.9 Å². The molecular weight excluding hydrogens is 568 g/mol. The summed E-state index contributed by atoms with van der Waals surface area (Å²) in [5.41, 5.74) is 0. The number of carbonyl (C=O) groups excluding carboxylic acids is 3. The van der Waals surface area contributed by atoms with Crippen LogP contribution in [0.2, 0.25) is 0 Å². The molecule has 3 rings (SSSR count). The van der Waals surface area contributed by atoms with Crippen LogP contribution in [0, 0.1) is 11.8 Å². The molecule has 3 aliphatic rings. The number of aliphatic hydroxyl groups is 1. The molecule has 0 radical (unpaired) electrons. The molecule has 3 saturated heterocycles. The second-order valence-corrected chi connectivity index (χ2v) is 13.4. The SMILES string of the molecule is C=CCCCCOC(=O)[C@H]1[C@H]2C(=O)N(CCCCCO)C(C(=O)N(CC=C)CCCCC)C23CC(Br)[C@@H]1S3.